The molecule has 0 aliphatic rings. The van der Waals surface area contributed by atoms with Crippen molar-refractivity contribution in [3.05, 3.63) is 71.6 Å². The van der Waals surface area contributed by atoms with Crippen LogP contribution >= 0.6 is 0 Å². The number of hydrogen-bond donors (Lipinski definition) is 3. The Morgan fingerprint density at radius 1 is 1.23 bits per heavy atom. The highest BCUT2D eigenvalue weighted by atomic mass is 19.1. The lowest BCUT2D eigenvalue weighted by atomic mass is 9.92. The van der Waals surface area contributed by atoms with Crippen molar-refractivity contribution in [1.29, 1.82) is 0 Å². The normalized spacial score (nSPS) is 13.7. The predicted octanol–water partition coefficient (Wildman–Crippen LogP) is 2.87. The quantitative estimate of drug-likeness (QED) is 0.525. The van der Waals surface area contributed by atoms with Crippen LogP contribution in [0.25, 0.3) is 5.52 Å². The number of aryl methyl sites for hydroxylation is 1. The fourth-order valence-electron chi connectivity index (χ4n) is 2.78. The van der Waals surface area contributed by atoms with Crippen LogP contribution in [0.5, 0.6) is 0 Å². The number of aromatic amines is 1. The molecule has 4 aromatic rings. The maximum atomic E-state index is 13.3. The van der Waals surface area contributed by atoms with E-state index in [2.05, 4.69) is 25.6 Å². The Labute approximate surface area is 149 Å². The Kier molecular flexibility index (Phi) is 3.69. The number of nitrogens with two attached hydrogens (primary N) is 1. The number of H-pyrrole nitrogens is 1. The summed E-state index contributed by atoms with van der Waals surface area (Å²) in [6.07, 6.45) is 1.82. The van der Waals surface area contributed by atoms with E-state index in [0.29, 0.717) is 23.0 Å². The maximum Gasteiger partial charge on any atom is 0.175 e. The topological polar surface area (TPSA) is 96.9 Å². The third kappa shape index (κ3) is 2.80. The molecule has 0 fully saturated rings. The van der Waals surface area contributed by atoms with Crippen molar-refractivity contribution in [3.8, 4) is 0 Å². The van der Waals surface area contributed by atoms with Crippen LogP contribution in [-0.4, -0.2) is 24.8 Å². The Morgan fingerprint density at radius 2 is 2.00 bits per heavy atom. The molecule has 3 heterocycles. The Balaban J connectivity index is 1.81. The van der Waals surface area contributed by atoms with Crippen molar-refractivity contribution in [2.45, 2.75) is 19.4 Å². The molecule has 1 atom stereocenters. The molecule has 1 unspecified atom stereocenters. The van der Waals surface area contributed by atoms with Crippen LogP contribution < -0.4 is 11.1 Å². The largest absolute Gasteiger partial charge is 0.322 e. The highest BCUT2D eigenvalue weighted by Crippen LogP contribution is 2.27. The summed E-state index contributed by atoms with van der Waals surface area (Å²) in [6, 6.07) is 11.7. The third-order valence-corrected chi connectivity index (χ3v) is 4.25. The minimum Gasteiger partial charge on any atom is -0.322 e. The monoisotopic (exact) mass is 351 g/mol. The van der Waals surface area contributed by atoms with E-state index in [9.17, 15) is 4.39 Å². The average Bonchev–Trinajstić information content (AvgIpc) is 3.24. The zero-order valence-corrected chi connectivity index (χ0v) is 14.4. The molecule has 7 nitrogen and oxygen atoms in total. The molecule has 0 saturated heterocycles. The summed E-state index contributed by atoms with van der Waals surface area (Å²) in [5, 5.41) is 14.8. The van der Waals surface area contributed by atoms with E-state index in [-0.39, 0.29) is 5.82 Å². The molecule has 3 aromatic heterocycles. The molecule has 4 rings (SSSR count). The molecule has 0 bridgehead atoms. The van der Waals surface area contributed by atoms with Crippen LogP contribution in [-0.2, 0) is 5.54 Å². The first-order valence-corrected chi connectivity index (χ1v) is 8.13. The van der Waals surface area contributed by atoms with E-state index >= 15 is 0 Å². The van der Waals surface area contributed by atoms with E-state index in [4.69, 9.17) is 5.73 Å². The second kappa shape index (κ2) is 5.92. The molecule has 26 heavy (non-hydrogen) atoms. The third-order valence-electron chi connectivity index (χ3n) is 4.25. The van der Waals surface area contributed by atoms with Gasteiger partial charge in [0.15, 0.2) is 17.5 Å². The highest BCUT2D eigenvalue weighted by molar-refractivity contribution is 5.72. The number of hydrogen-bond acceptors (Lipinski definition) is 5. The second-order valence-corrected chi connectivity index (χ2v) is 6.39. The number of halogens is 1. The van der Waals surface area contributed by atoms with Crippen LogP contribution in [0.3, 0.4) is 0 Å². The summed E-state index contributed by atoms with van der Waals surface area (Å²) in [7, 11) is 0. The fraction of sp³-hybridized carbons (Fsp3) is 0.167. The first-order valence-electron chi connectivity index (χ1n) is 8.13. The summed E-state index contributed by atoms with van der Waals surface area (Å²) in [5.41, 5.74) is 7.97. The van der Waals surface area contributed by atoms with Gasteiger partial charge in [0, 0.05) is 18.0 Å². The lowest BCUT2D eigenvalue weighted by Gasteiger charge is -2.24. The lowest BCUT2D eigenvalue weighted by molar-refractivity contribution is 0.539. The van der Waals surface area contributed by atoms with Crippen molar-refractivity contribution in [2.75, 3.05) is 5.32 Å². The summed E-state index contributed by atoms with van der Waals surface area (Å²) in [5.74, 6) is 1.33. The van der Waals surface area contributed by atoms with E-state index in [1.54, 1.807) is 23.6 Å². The van der Waals surface area contributed by atoms with Gasteiger partial charge in [-0.3, -0.25) is 5.10 Å². The molecule has 4 N–H and O–H groups in total. The summed E-state index contributed by atoms with van der Waals surface area (Å²) in [4.78, 5) is 4.63. The van der Waals surface area contributed by atoms with E-state index < -0.39 is 5.54 Å². The number of aromatic nitrogens is 5. The van der Waals surface area contributed by atoms with Crippen LogP contribution in [0.15, 0.2) is 48.7 Å². The maximum absolute atomic E-state index is 13.3. The molecule has 8 heteroatoms. The molecule has 0 spiro atoms. The van der Waals surface area contributed by atoms with Crippen molar-refractivity contribution in [2.24, 2.45) is 5.73 Å². The number of benzene rings is 1. The SMILES string of the molecule is Cc1cc(Nc2nc(C(C)(N)c3ccc(F)cc3)nn3cccc23)n[nH]1. The average molecular weight is 351 g/mol. The predicted molar refractivity (Wildman–Crippen MR) is 96.6 cm³/mol. The van der Waals surface area contributed by atoms with Gasteiger partial charge >= 0.3 is 0 Å². The van der Waals surface area contributed by atoms with Crippen LogP contribution in [0, 0.1) is 12.7 Å². The molecular formula is C18H18FN7. The summed E-state index contributed by atoms with van der Waals surface area (Å²) in [6.45, 7) is 3.72. The zero-order chi connectivity index (χ0) is 18.3. The molecule has 0 aliphatic heterocycles. The molecule has 1 aromatic carbocycles. The van der Waals surface area contributed by atoms with Gasteiger partial charge in [0.25, 0.3) is 0 Å². The van der Waals surface area contributed by atoms with E-state index in [1.807, 2.05) is 31.3 Å². The van der Waals surface area contributed by atoms with Gasteiger partial charge in [-0.15, -0.1) is 0 Å². The lowest BCUT2D eigenvalue weighted by Crippen LogP contribution is -2.37. The fourth-order valence-corrected chi connectivity index (χ4v) is 2.78. The van der Waals surface area contributed by atoms with Crippen molar-refractivity contribution in [3.63, 3.8) is 0 Å². The minimum atomic E-state index is -0.996. The molecule has 0 saturated carbocycles. The highest BCUT2D eigenvalue weighted by Gasteiger charge is 2.29. The van der Waals surface area contributed by atoms with Gasteiger partial charge in [-0.2, -0.15) is 10.2 Å². The van der Waals surface area contributed by atoms with Gasteiger partial charge < -0.3 is 11.1 Å². The molecule has 0 radical (unpaired) electrons. The number of rotatable bonds is 4. The molecule has 132 valence electrons. The number of nitrogens with zero attached hydrogens (tertiary/aromatic N) is 4. The minimum absolute atomic E-state index is 0.317. The molecule has 0 aliphatic carbocycles. The number of anilines is 2. The summed E-state index contributed by atoms with van der Waals surface area (Å²) >= 11 is 0. The molecular weight excluding hydrogens is 333 g/mol. The van der Waals surface area contributed by atoms with Gasteiger partial charge in [0.1, 0.15) is 16.9 Å². The second-order valence-electron chi connectivity index (χ2n) is 6.39. The van der Waals surface area contributed by atoms with Crippen LogP contribution in [0.2, 0.25) is 0 Å². The van der Waals surface area contributed by atoms with Crippen LogP contribution in [0.4, 0.5) is 16.0 Å². The van der Waals surface area contributed by atoms with E-state index in [0.717, 1.165) is 11.2 Å². The zero-order valence-electron chi connectivity index (χ0n) is 14.4. The van der Waals surface area contributed by atoms with Crippen molar-refractivity contribution >= 4 is 17.2 Å². The van der Waals surface area contributed by atoms with Gasteiger partial charge in [-0.1, -0.05) is 12.1 Å². The Morgan fingerprint density at radius 3 is 2.69 bits per heavy atom. The smallest absolute Gasteiger partial charge is 0.175 e. The van der Waals surface area contributed by atoms with Crippen molar-refractivity contribution < 1.29 is 4.39 Å². The number of fused-ring (bicyclic) bond motifs is 1. The van der Waals surface area contributed by atoms with Crippen LogP contribution in [0.1, 0.15) is 24.0 Å². The first-order chi connectivity index (χ1) is 12.4. The van der Waals surface area contributed by atoms with Crippen molar-refractivity contribution in [1.82, 2.24) is 24.8 Å². The standard InChI is InChI=1S/C18H18FN7/c1-11-10-15(24-23-11)21-16-14-4-3-9-26(14)25-17(22-16)18(2,20)12-5-7-13(19)8-6-12/h3-10H,20H2,1-2H3,(H2,21,22,23,24,25). The molecule has 0 amide bonds. The first kappa shape index (κ1) is 16.2. The van der Waals surface area contributed by atoms with Gasteiger partial charge in [0.2, 0.25) is 0 Å². The van der Waals surface area contributed by atoms with Gasteiger partial charge in [-0.25, -0.2) is 13.9 Å². The van der Waals surface area contributed by atoms with E-state index in [1.165, 1.54) is 12.1 Å². The van der Waals surface area contributed by atoms with Gasteiger partial charge in [0.05, 0.1) is 0 Å². The van der Waals surface area contributed by atoms with Gasteiger partial charge in [-0.05, 0) is 43.7 Å². The summed E-state index contributed by atoms with van der Waals surface area (Å²) < 4.78 is 15.0. The Hall–Kier alpha value is -3.26. The Bertz CT molecular complexity index is 1060. The number of nitrogens with one attached hydrogen (secondary N) is 2.